The van der Waals surface area contributed by atoms with Crippen LogP contribution in [0.25, 0.3) is 0 Å². The molecule has 18 heavy (non-hydrogen) atoms. The van der Waals surface area contributed by atoms with Crippen molar-refractivity contribution in [2.75, 3.05) is 0 Å². The first-order chi connectivity index (χ1) is 8.40. The molecule has 1 aliphatic carbocycles. The number of aliphatic hydroxyl groups excluding tert-OH is 1. The lowest BCUT2D eigenvalue weighted by molar-refractivity contribution is -0.142. The van der Waals surface area contributed by atoms with Gasteiger partial charge >= 0.3 is 5.97 Å². The van der Waals surface area contributed by atoms with Crippen molar-refractivity contribution in [1.29, 1.82) is 0 Å². The minimum Gasteiger partial charge on any atom is -0.454 e. The van der Waals surface area contributed by atoms with Crippen LogP contribution in [0, 0.1) is 5.41 Å². The summed E-state index contributed by atoms with van der Waals surface area (Å²) in [5.74, 6) is -0.200. The number of allylic oxidation sites excluding steroid dienone is 1. The van der Waals surface area contributed by atoms with Crippen LogP contribution >= 0.6 is 0 Å². The van der Waals surface area contributed by atoms with Gasteiger partial charge in [-0.25, -0.2) is 4.79 Å². The Bertz CT molecular complexity index is 441. The third-order valence-corrected chi connectivity index (χ3v) is 3.64. The largest absolute Gasteiger partial charge is 0.454 e. The van der Waals surface area contributed by atoms with Crippen molar-refractivity contribution in [1.82, 2.24) is 0 Å². The number of hydrogen-bond donors (Lipinski definition) is 1. The van der Waals surface area contributed by atoms with Gasteiger partial charge in [0, 0.05) is 11.0 Å². The molecule has 0 unspecified atom stereocenters. The highest BCUT2D eigenvalue weighted by Gasteiger charge is 2.35. The van der Waals surface area contributed by atoms with Crippen molar-refractivity contribution in [2.24, 2.45) is 5.41 Å². The molecule has 2 aliphatic rings. The molecule has 2 atom stereocenters. The average Bonchev–Trinajstić information content (AvgIpc) is 2.67. The van der Waals surface area contributed by atoms with Crippen LogP contribution in [0.4, 0.5) is 0 Å². The monoisotopic (exact) mass is 248 g/mol. The van der Waals surface area contributed by atoms with Crippen molar-refractivity contribution < 1.29 is 14.6 Å². The van der Waals surface area contributed by atoms with Crippen molar-refractivity contribution >= 4 is 5.97 Å². The lowest BCUT2D eigenvalue weighted by Gasteiger charge is -2.26. The second-order valence-corrected chi connectivity index (χ2v) is 5.63. The maximum Gasteiger partial charge on any atom is 0.334 e. The first-order valence-electron chi connectivity index (χ1n) is 6.36. The maximum atomic E-state index is 11.7. The van der Waals surface area contributed by atoms with Crippen molar-refractivity contribution in [3.8, 4) is 0 Å². The minimum atomic E-state index is -0.554. The van der Waals surface area contributed by atoms with E-state index in [0.29, 0.717) is 6.42 Å². The maximum absolute atomic E-state index is 11.7. The zero-order valence-electron chi connectivity index (χ0n) is 11.1. The van der Waals surface area contributed by atoms with Gasteiger partial charge in [-0.1, -0.05) is 32.1 Å². The highest BCUT2D eigenvalue weighted by molar-refractivity contribution is 5.91. The molecule has 0 fully saturated rings. The van der Waals surface area contributed by atoms with E-state index in [2.05, 4.69) is 0 Å². The van der Waals surface area contributed by atoms with Gasteiger partial charge in [-0.2, -0.15) is 0 Å². The molecule has 0 spiro atoms. The molecular formula is C15H20O3. The molecule has 2 bridgehead atoms. The lowest BCUT2D eigenvalue weighted by atomic mass is 9.85. The summed E-state index contributed by atoms with van der Waals surface area (Å²) in [7, 11) is 0. The predicted molar refractivity (Wildman–Crippen MR) is 69.9 cm³/mol. The summed E-state index contributed by atoms with van der Waals surface area (Å²) in [5.41, 5.74) is 1.37. The summed E-state index contributed by atoms with van der Waals surface area (Å²) < 4.78 is 5.39. The van der Waals surface area contributed by atoms with Crippen LogP contribution in [0.1, 0.15) is 33.6 Å². The Labute approximate surface area is 108 Å². The molecule has 0 radical (unpaired) electrons. The first-order valence-corrected chi connectivity index (χ1v) is 6.36. The number of esters is 1. The van der Waals surface area contributed by atoms with E-state index in [0.717, 1.165) is 17.6 Å². The van der Waals surface area contributed by atoms with Gasteiger partial charge in [-0.3, -0.25) is 0 Å². The summed E-state index contributed by atoms with van der Waals surface area (Å²) >= 11 is 0. The topological polar surface area (TPSA) is 46.5 Å². The molecule has 0 aromatic rings. The van der Waals surface area contributed by atoms with Gasteiger partial charge in [-0.05, 0) is 31.4 Å². The molecular weight excluding hydrogens is 228 g/mol. The Morgan fingerprint density at radius 3 is 2.89 bits per heavy atom. The van der Waals surface area contributed by atoms with E-state index in [4.69, 9.17) is 4.74 Å². The number of carbonyl (C=O) groups excluding carboxylic acids is 1. The zero-order valence-corrected chi connectivity index (χ0v) is 11.1. The Balaban J connectivity index is 2.34. The van der Waals surface area contributed by atoms with Crippen LogP contribution < -0.4 is 0 Å². The normalized spacial score (nSPS) is 35.9. The summed E-state index contributed by atoms with van der Waals surface area (Å²) in [6.45, 7) is 5.92. The van der Waals surface area contributed by atoms with Crippen LogP contribution in [-0.4, -0.2) is 23.3 Å². The number of carbonyl (C=O) groups is 1. The van der Waals surface area contributed by atoms with E-state index in [1.165, 1.54) is 0 Å². The summed E-state index contributed by atoms with van der Waals surface area (Å²) in [6, 6.07) is 0. The number of rotatable bonds is 0. The van der Waals surface area contributed by atoms with E-state index in [1.807, 2.05) is 39.0 Å². The van der Waals surface area contributed by atoms with Crippen LogP contribution in [0.5, 0.6) is 0 Å². The highest BCUT2D eigenvalue weighted by Crippen LogP contribution is 2.33. The molecule has 3 nitrogen and oxygen atoms in total. The molecule has 1 aliphatic heterocycles. The van der Waals surface area contributed by atoms with Crippen LogP contribution in [0.3, 0.4) is 0 Å². The number of aliphatic hydroxyl groups is 1. The van der Waals surface area contributed by atoms with E-state index in [-0.39, 0.29) is 17.5 Å². The molecule has 0 saturated carbocycles. The Morgan fingerprint density at radius 2 is 2.17 bits per heavy atom. The predicted octanol–water partition coefficient (Wildman–Crippen LogP) is 2.52. The van der Waals surface area contributed by atoms with Gasteiger partial charge in [0.15, 0.2) is 0 Å². The molecule has 1 heterocycles. The summed E-state index contributed by atoms with van der Waals surface area (Å²) in [4.78, 5) is 11.7. The van der Waals surface area contributed by atoms with Gasteiger partial charge in [0.25, 0.3) is 0 Å². The number of fused-ring (bicyclic) bond motifs is 1. The van der Waals surface area contributed by atoms with E-state index >= 15 is 0 Å². The SMILES string of the molecule is C/C1=C\CCC2=C[C@H](OC2=O)C(C)(C)/C=C/[C@H]1O. The fourth-order valence-electron chi connectivity index (χ4n) is 2.19. The Morgan fingerprint density at radius 1 is 1.44 bits per heavy atom. The van der Waals surface area contributed by atoms with Gasteiger partial charge < -0.3 is 9.84 Å². The van der Waals surface area contributed by atoms with Gasteiger partial charge in [0.05, 0.1) is 6.10 Å². The fourth-order valence-corrected chi connectivity index (χ4v) is 2.19. The summed E-state index contributed by atoms with van der Waals surface area (Å²) in [6.07, 6.45) is 8.25. The number of hydrogen-bond acceptors (Lipinski definition) is 3. The Kier molecular flexibility index (Phi) is 3.44. The van der Waals surface area contributed by atoms with Gasteiger partial charge in [-0.15, -0.1) is 0 Å². The molecule has 98 valence electrons. The average molecular weight is 248 g/mol. The lowest BCUT2D eigenvalue weighted by Crippen LogP contribution is -2.27. The quantitative estimate of drug-likeness (QED) is 0.529. The third kappa shape index (κ3) is 2.56. The van der Waals surface area contributed by atoms with Crippen LogP contribution in [0.15, 0.2) is 35.5 Å². The first kappa shape index (κ1) is 13.1. The zero-order chi connectivity index (χ0) is 13.3. The van der Waals surface area contributed by atoms with Crippen LogP contribution in [-0.2, 0) is 9.53 Å². The standard InChI is InChI=1S/C15H20O3/c1-10-5-4-6-11-9-13(18-14(11)17)15(2,3)8-7-12(10)16/h5,7-9,12-13,16H,4,6H2,1-3H3/b8-7+,10-5+/t12-,13+/m1/s1. The number of ether oxygens (including phenoxy) is 1. The smallest absolute Gasteiger partial charge is 0.334 e. The van der Waals surface area contributed by atoms with E-state index in [9.17, 15) is 9.90 Å². The van der Waals surface area contributed by atoms with Gasteiger partial charge in [0.1, 0.15) is 6.10 Å². The van der Waals surface area contributed by atoms with E-state index < -0.39 is 6.10 Å². The van der Waals surface area contributed by atoms with E-state index in [1.54, 1.807) is 6.08 Å². The van der Waals surface area contributed by atoms with Crippen molar-refractivity contribution in [3.63, 3.8) is 0 Å². The molecule has 0 aromatic heterocycles. The molecule has 3 heteroatoms. The Hall–Kier alpha value is -1.35. The molecule has 2 rings (SSSR count). The fraction of sp³-hybridized carbons (Fsp3) is 0.533. The summed E-state index contributed by atoms with van der Waals surface area (Å²) in [5, 5.41) is 9.97. The van der Waals surface area contributed by atoms with Crippen LogP contribution in [0.2, 0.25) is 0 Å². The second kappa shape index (κ2) is 4.73. The third-order valence-electron chi connectivity index (χ3n) is 3.64. The second-order valence-electron chi connectivity index (χ2n) is 5.63. The van der Waals surface area contributed by atoms with Gasteiger partial charge in [0.2, 0.25) is 0 Å². The molecule has 0 aromatic carbocycles. The molecule has 1 N–H and O–H groups in total. The van der Waals surface area contributed by atoms with Crippen molar-refractivity contribution in [3.05, 3.63) is 35.5 Å². The molecule has 0 saturated heterocycles. The molecule has 0 amide bonds. The van der Waals surface area contributed by atoms with Crippen molar-refractivity contribution in [2.45, 2.75) is 45.8 Å². The minimum absolute atomic E-state index is 0.200. The highest BCUT2D eigenvalue weighted by atomic mass is 16.5.